The molecule has 1 N–H and O–H groups in total. The summed E-state index contributed by atoms with van der Waals surface area (Å²) in [4.78, 5) is 26.8. The van der Waals surface area contributed by atoms with Crippen molar-refractivity contribution in [2.45, 2.75) is 25.9 Å². The van der Waals surface area contributed by atoms with E-state index in [0.717, 1.165) is 82.3 Å². The van der Waals surface area contributed by atoms with Crippen molar-refractivity contribution in [3.8, 4) is 5.75 Å². The van der Waals surface area contributed by atoms with Crippen LogP contribution >= 0.6 is 0 Å². The first kappa shape index (κ1) is 21.8. The lowest BCUT2D eigenvalue weighted by Crippen LogP contribution is -2.35. The lowest BCUT2D eigenvalue weighted by atomic mass is 10.1. The maximum absolute atomic E-state index is 12.5. The van der Waals surface area contributed by atoms with E-state index in [-0.39, 0.29) is 5.56 Å². The smallest absolute Gasteiger partial charge is 0.255 e. The molecular weight excluding hydrogens is 394 g/mol. The number of anilines is 1. The molecule has 8 heteroatoms. The van der Waals surface area contributed by atoms with Crippen LogP contribution in [0.15, 0.2) is 23.0 Å². The number of rotatable bonds is 6. The number of morpholine rings is 1. The molecule has 1 saturated heterocycles. The second-order valence-electron chi connectivity index (χ2n) is 8.52. The van der Waals surface area contributed by atoms with Crippen molar-refractivity contribution in [1.82, 2.24) is 19.8 Å². The molecule has 1 aromatic carbocycles. The Morgan fingerprint density at radius 1 is 1.10 bits per heavy atom. The van der Waals surface area contributed by atoms with Crippen LogP contribution in [0.3, 0.4) is 0 Å². The lowest BCUT2D eigenvalue weighted by molar-refractivity contribution is 0.0338. The largest absolute Gasteiger partial charge is 0.496 e. The molecule has 1 aromatic heterocycles. The van der Waals surface area contributed by atoms with Crippen molar-refractivity contribution in [3.05, 3.63) is 50.9 Å². The second kappa shape index (κ2) is 9.80. The van der Waals surface area contributed by atoms with E-state index in [0.29, 0.717) is 5.95 Å². The van der Waals surface area contributed by atoms with Crippen molar-refractivity contribution in [3.63, 3.8) is 0 Å². The van der Waals surface area contributed by atoms with Crippen molar-refractivity contribution in [1.29, 1.82) is 0 Å². The topological polar surface area (TPSA) is 73.9 Å². The Bertz CT molecular complexity index is 953. The summed E-state index contributed by atoms with van der Waals surface area (Å²) in [5.74, 6) is 1.56. The van der Waals surface area contributed by atoms with Gasteiger partial charge in [0.15, 0.2) is 0 Å². The van der Waals surface area contributed by atoms with Gasteiger partial charge in [0.1, 0.15) is 5.75 Å². The summed E-state index contributed by atoms with van der Waals surface area (Å²) in [7, 11) is 5.52. The first-order valence-electron chi connectivity index (χ1n) is 11.0. The van der Waals surface area contributed by atoms with Gasteiger partial charge in [-0.3, -0.25) is 19.6 Å². The van der Waals surface area contributed by atoms with Crippen LogP contribution in [0.1, 0.15) is 22.4 Å². The van der Waals surface area contributed by atoms with Crippen LogP contribution in [0.5, 0.6) is 5.75 Å². The third-order valence-electron chi connectivity index (χ3n) is 6.10. The number of ether oxygens (including phenoxy) is 2. The van der Waals surface area contributed by atoms with Gasteiger partial charge in [-0.2, -0.15) is 0 Å². The van der Waals surface area contributed by atoms with Crippen LogP contribution in [0.2, 0.25) is 0 Å². The minimum absolute atomic E-state index is 0.00667. The average molecular weight is 428 g/mol. The Balaban J connectivity index is 1.46. The first-order valence-corrected chi connectivity index (χ1v) is 11.0. The molecule has 31 heavy (non-hydrogen) atoms. The number of hydrogen-bond donors (Lipinski definition) is 1. The zero-order valence-corrected chi connectivity index (χ0v) is 18.8. The second-order valence-corrected chi connectivity index (χ2v) is 8.52. The van der Waals surface area contributed by atoms with Gasteiger partial charge in [0, 0.05) is 70.9 Å². The number of benzene rings is 1. The normalized spacial score (nSPS) is 17.8. The third kappa shape index (κ3) is 5.26. The Hall–Kier alpha value is -2.42. The third-order valence-corrected chi connectivity index (χ3v) is 6.10. The van der Waals surface area contributed by atoms with Crippen LogP contribution in [-0.4, -0.2) is 80.4 Å². The Morgan fingerprint density at radius 2 is 1.84 bits per heavy atom. The number of nitrogens with zero attached hydrogens (tertiary/aromatic N) is 4. The van der Waals surface area contributed by atoms with Crippen LogP contribution in [-0.2, 0) is 30.7 Å². The molecule has 8 nitrogen and oxygen atoms in total. The van der Waals surface area contributed by atoms with Gasteiger partial charge in [-0.05, 0) is 24.1 Å². The van der Waals surface area contributed by atoms with Crippen molar-refractivity contribution in [2.75, 3.05) is 65.5 Å². The summed E-state index contributed by atoms with van der Waals surface area (Å²) < 4.78 is 11.1. The van der Waals surface area contributed by atoms with E-state index in [4.69, 9.17) is 9.47 Å². The Morgan fingerprint density at radius 3 is 2.58 bits per heavy atom. The zero-order chi connectivity index (χ0) is 21.8. The standard InChI is InChI=1S/C23H33N5O3/c1-26(2)23-24-20-7-9-27(8-6-19(20)22(29)25-23)15-17-4-5-21(30-3)18(14-17)16-28-10-12-31-13-11-28/h4-5,14H,6-13,15-16H2,1-3H3,(H,24,25,29). The van der Waals surface area contributed by atoms with Gasteiger partial charge in [0.05, 0.1) is 26.0 Å². The lowest BCUT2D eigenvalue weighted by Gasteiger charge is -2.27. The molecule has 0 saturated carbocycles. The molecule has 2 aliphatic heterocycles. The van der Waals surface area contributed by atoms with Crippen LogP contribution in [0.25, 0.3) is 0 Å². The summed E-state index contributed by atoms with van der Waals surface area (Å²) in [6.45, 7) is 6.95. The minimum Gasteiger partial charge on any atom is -0.496 e. The highest BCUT2D eigenvalue weighted by Gasteiger charge is 2.20. The number of fused-ring (bicyclic) bond motifs is 1. The molecule has 4 rings (SSSR count). The van der Waals surface area contributed by atoms with Crippen LogP contribution in [0, 0.1) is 0 Å². The highest BCUT2D eigenvalue weighted by molar-refractivity contribution is 5.37. The number of H-pyrrole nitrogens is 1. The number of aromatic nitrogens is 2. The molecule has 0 aliphatic carbocycles. The predicted octanol–water partition coefficient (Wildman–Crippen LogP) is 1.28. The zero-order valence-electron chi connectivity index (χ0n) is 18.8. The molecule has 0 atom stereocenters. The first-order chi connectivity index (χ1) is 15.0. The van der Waals surface area contributed by atoms with E-state index in [2.05, 4.69) is 38.0 Å². The summed E-state index contributed by atoms with van der Waals surface area (Å²) >= 11 is 0. The number of nitrogens with one attached hydrogen (secondary N) is 1. The van der Waals surface area contributed by atoms with Gasteiger partial charge in [0.25, 0.3) is 5.56 Å². The quantitative estimate of drug-likeness (QED) is 0.744. The fourth-order valence-electron chi connectivity index (χ4n) is 4.32. The molecule has 168 valence electrons. The average Bonchev–Trinajstić information content (AvgIpc) is 2.97. The van der Waals surface area contributed by atoms with Crippen LogP contribution in [0.4, 0.5) is 5.95 Å². The molecule has 0 unspecified atom stereocenters. The van der Waals surface area contributed by atoms with Crippen LogP contribution < -0.4 is 15.2 Å². The highest BCUT2D eigenvalue weighted by atomic mass is 16.5. The van der Waals surface area contributed by atoms with E-state index in [1.54, 1.807) is 7.11 Å². The predicted molar refractivity (Wildman–Crippen MR) is 121 cm³/mol. The minimum atomic E-state index is -0.00667. The number of methoxy groups -OCH3 is 1. The molecule has 0 bridgehead atoms. The molecular formula is C23H33N5O3. The van der Waals surface area contributed by atoms with E-state index in [1.165, 1.54) is 11.1 Å². The SMILES string of the molecule is COc1ccc(CN2CCc3nc(N(C)C)[nH]c(=O)c3CC2)cc1CN1CCOCC1. The van der Waals surface area contributed by atoms with Crippen molar-refractivity contribution >= 4 is 5.95 Å². The monoisotopic (exact) mass is 427 g/mol. The summed E-state index contributed by atoms with van der Waals surface area (Å²) in [6.07, 6.45) is 1.51. The fraction of sp³-hybridized carbons (Fsp3) is 0.565. The molecule has 1 fully saturated rings. The molecule has 0 radical (unpaired) electrons. The molecule has 3 heterocycles. The van der Waals surface area contributed by atoms with Crippen molar-refractivity contribution in [2.24, 2.45) is 0 Å². The highest BCUT2D eigenvalue weighted by Crippen LogP contribution is 2.24. The molecule has 0 amide bonds. The maximum atomic E-state index is 12.5. The van der Waals surface area contributed by atoms with E-state index in [1.807, 2.05) is 19.0 Å². The molecule has 2 aromatic rings. The van der Waals surface area contributed by atoms with Gasteiger partial charge in [0.2, 0.25) is 5.95 Å². The van der Waals surface area contributed by atoms with Gasteiger partial charge in [-0.25, -0.2) is 4.98 Å². The number of aromatic amines is 1. The number of hydrogen-bond acceptors (Lipinski definition) is 7. The summed E-state index contributed by atoms with van der Waals surface area (Å²) in [6, 6.07) is 6.49. The summed E-state index contributed by atoms with van der Waals surface area (Å²) in [5, 5.41) is 0. The van der Waals surface area contributed by atoms with E-state index >= 15 is 0 Å². The molecule has 0 spiro atoms. The fourth-order valence-corrected chi connectivity index (χ4v) is 4.32. The Kier molecular flexibility index (Phi) is 6.89. The van der Waals surface area contributed by atoms with Gasteiger partial charge >= 0.3 is 0 Å². The van der Waals surface area contributed by atoms with Gasteiger partial charge in [-0.1, -0.05) is 6.07 Å². The Labute approximate surface area is 183 Å². The van der Waals surface area contributed by atoms with Gasteiger partial charge < -0.3 is 14.4 Å². The van der Waals surface area contributed by atoms with E-state index in [9.17, 15) is 4.79 Å². The van der Waals surface area contributed by atoms with Gasteiger partial charge in [-0.15, -0.1) is 0 Å². The maximum Gasteiger partial charge on any atom is 0.255 e. The van der Waals surface area contributed by atoms with E-state index < -0.39 is 0 Å². The molecule has 2 aliphatic rings. The summed E-state index contributed by atoms with van der Waals surface area (Å²) in [5.41, 5.74) is 4.24. The van der Waals surface area contributed by atoms with Crippen molar-refractivity contribution < 1.29 is 9.47 Å².